The fourth-order valence-electron chi connectivity index (χ4n) is 3.21. The van der Waals surface area contributed by atoms with Crippen LogP contribution in [0.3, 0.4) is 0 Å². The second-order valence-corrected chi connectivity index (χ2v) is 6.06. The van der Waals surface area contributed by atoms with Gasteiger partial charge in [-0.15, -0.1) is 0 Å². The van der Waals surface area contributed by atoms with Gasteiger partial charge in [0.25, 0.3) is 23.6 Å². The number of carbonyl (C=O) groups is 4. The molecule has 8 nitrogen and oxygen atoms in total. The van der Waals surface area contributed by atoms with E-state index in [1.54, 1.807) is 0 Å². The van der Waals surface area contributed by atoms with E-state index < -0.39 is 23.6 Å². The van der Waals surface area contributed by atoms with E-state index in [2.05, 4.69) is 0 Å². The van der Waals surface area contributed by atoms with Crippen molar-refractivity contribution in [2.75, 3.05) is 24.0 Å². The molecule has 0 spiro atoms. The highest BCUT2D eigenvalue weighted by molar-refractivity contribution is 6.35. The molecule has 140 valence electrons. The minimum atomic E-state index is -0.497. The van der Waals surface area contributed by atoms with Crippen LogP contribution in [0.5, 0.6) is 11.5 Å². The molecule has 0 saturated heterocycles. The van der Waals surface area contributed by atoms with Crippen LogP contribution in [0, 0.1) is 0 Å². The van der Waals surface area contributed by atoms with Crippen molar-refractivity contribution in [1.82, 2.24) is 0 Å². The van der Waals surface area contributed by atoms with Crippen LogP contribution < -0.4 is 19.3 Å². The number of anilines is 2. The maximum atomic E-state index is 12.8. The second kappa shape index (κ2) is 6.34. The summed E-state index contributed by atoms with van der Waals surface area (Å²) in [6, 6.07) is 8.95. The Balaban J connectivity index is 1.68. The van der Waals surface area contributed by atoms with E-state index in [9.17, 15) is 19.2 Å². The zero-order chi connectivity index (χ0) is 20.0. The molecule has 2 aliphatic rings. The number of rotatable bonds is 4. The van der Waals surface area contributed by atoms with E-state index in [4.69, 9.17) is 9.47 Å². The summed E-state index contributed by atoms with van der Waals surface area (Å²) in [5.74, 6) is -1.20. The first-order chi connectivity index (χ1) is 13.5. The fourth-order valence-corrected chi connectivity index (χ4v) is 3.21. The Morgan fingerprint density at radius 2 is 1.04 bits per heavy atom. The van der Waals surface area contributed by atoms with Crippen LogP contribution in [0.15, 0.2) is 48.6 Å². The summed E-state index contributed by atoms with van der Waals surface area (Å²) < 4.78 is 10.4. The van der Waals surface area contributed by atoms with Crippen molar-refractivity contribution in [3.8, 4) is 11.5 Å². The summed E-state index contributed by atoms with van der Waals surface area (Å²) in [5.41, 5.74) is 1.09. The summed E-state index contributed by atoms with van der Waals surface area (Å²) in [5, 5.41) is 0. The second-order valence-electron chi connectivity index (χ2n) is 6.06. The Kier molecular flexibility index (Phi) is 3.96. The molecule has 2 aromatic carbocycles. The molecule has 0 N–H and O–H groups in total. The summed E-state index contributed by atoms with van der Waals surface area (Å²) >= 11 is 0. The first-order valence-corrected chi connectivity index (χ1v) is 8.27. The average Bonchev–Trinajstić information content (AvgIpc) is 3.16. The predicted molar refractivity (Wildman–Crippen MR) is 98.8 cm³/mol. The third kappa shape index (κ3) is 2.46. The van der Waals surface area contributed by atoms with Crippen molar-refractivity contribution >= 4 is 35.0 Å². The minimum Gasteiger partial charge on any atom is -0.493 e. The zero-order valence-corrected chi connectivity index (χ0v) is 15.0. The summed E-state index contributed by atoms with van der Waals surface area (Å²) in [4.78, 5) is 51.2. The van der Waals surface area contributed by atoms with Gasteiger partial charge in [0.1, 0.15) is 0 Å². The van der Waals surface area contributed by atoms with Crippen molar-refractivity contribution in [2.24, 2.45) is 0 Å². The van der Waals surface area contributed by atoms with E-state index in [1.165, 1.54) is 62.8 Å². The minimum absolute atomic E-state index is 0.209. The number of nitrogens with zero attached hydrogens (tertiary/aromatic N) is 2. The van der Waals surface area contributed by atoms with E-state index in [0.717, 1.165) is 9.80 Å². The number of benzene rings is 2. The molecule has 0 radical (unpaired) electrons. The SMILES string of the molecule is COc1cc2c(cc1OC)C(=O)N(c1ccc(N3C(=O)C=CC3=O)cc1)C2=O. The molecule has 0 bridgehead atoms. The van der Waals surface area contributed by atoms with Crippen LogP contribution in [0.1, 0.15) is 20.7 Å². The largest absolute Gasteiger partial charge is 0.493 e. The van der Waals surface area contributed by atoms with Gasteiger partial charge in [-0.25, -0.2) is 9.80 Å². The molecule has 8 heteroatoms. The number of methoxy groups -OCH3 is 2. The van der Waals surface area contributed by atoms with Gasteiger partial charge in [-0.1, -0.05) is 0 Å². The Morgan fingerprint density at radius 3 is 1.43 bits per heavy atom. The summed E-state index contributed by atoms with van der Waals surface area (Å²) in [6.45, 7) is 0. The van der Waals surface area contributed by atoms with Crippen LogP contribution >= 0.6 is 0 Å². The van der Waals surface area contributed by atoms with Gasteiger partial charge in [-0.3, -0.25) is 19.2 Å². The van der Waals surface area contributed by atoms with Gasteiger partial charge in [0.05, 0.1) is 36.7 Å². The van der Waals surface area contributed by atoms with Crippen molar-refractivity contribution < 1.29 is 28.7 Å². The van der Waals surface area contributed by atoms with Crippen molar-refractivity contribution in [3.63, 3.8) is 0 Å². The van der Waals surface area contributed by atoms with E-state index in [0.29, 0.717) is 22.9 Å². The lowest BCUT2D eigenvalue weighted by Crippen LogP contribution is -2.30. The maximum absolute atomic E-state index is 12.8. The standard InChI is InChI=1S/C20H14N2O6/c1-27-15-9-13-14(10-16(15)28-2)20(26)22(19(13)25)12-5-3-11(4-6-12)21-17(23)7-8-18(21)24/h3-10H,1-2H3. The third-order valence-electron chi connectivity index (χ3n) is 4.57. The zero-order valence-electron chi connectivity index (χ0n) is 15.0. The quantitative estimate of drug-likeness (QED) is 0.755. The molecule has 2 heterocycles. The molecule has 4 rings (SSSR count). The monoisotopic (exact) mass is 378 g/mol. The molecule has 4 amide bonds. The normalized spacial score (nSPS) is 15.5. The summed E-state index contributed by atoms with van der Waals surface area (Å²) in [7, 11) is 2.88. The molecule has 0 fully saturated rings. The average molecular weight is 378 g/mol. The van der Waals surface area contributed by atoms with Crippen molar-refractivity contribution in [3.05, 3.63) is 59.7 Å². The van der Waals surface area contributed by atoms with Gasteiger partial charge < -0.3 is 9.47 Å². The van der Waals surface area contributed by atoms with Gasteiger partial charge in [0, 0.05) is 12.2 Å². The molecule has 0 aromatic heterocycles. The molecule has 0 atom stereocenters. The van der Waals surface area contributed by atoms with Gasteiger partial charge in [0.2, 0.25) is 0 Å². The maximum Gasteiger partial charge on any atom is 0.266 e. The first kappa shape index (κ1) is 17.5. The predicted octanol–water partition coefficient (Wildman–Crippen LogP) is 1.93. The number of carbonyl (C=O) groups excluding carboxylic acids is 4. The number of ether oxygens (including phenoxy) is 2. The van der Waals surface area contributed by atoms with Crippen LogP contribution in [-0.4, -0.2) is 37.8 Å². The molecule has 28 heavy (non-hydrogen) atoms. The summed E-state index contributed by atoms with van der Waals surface area (Å²) in [6.07, 6.45) is 2.36. The molecule has 2 aromatic rings. The van der Waals surface area contributed by atoms with Gasteiger partial charge in [-0.2, -0.15) is 0 Å². The highest BCUT2D eigenvalue weighted by Crippen LogP contribution is 2.37. The van der Waals surface area contributed by atoms with E-state index in [-0.39, 0.29) is 11.1 Å². The molecular weight excluding hydrogens is 364 g/mol. The van der Waals surface area contributed by atoms with Gasteiger partial charge in [-0.05, 0) is 36.4 Å². The Labute approximate surface area is 159 Å². The van der Waals surface area contributed by atoms with E-state index in [1.807, 2.05) is 0 Å². The lowest BCUT2D eigenvalue weighted by molar-refractivity contribution is -0.119. The van der Waals surface area contributed by atoms with Gasteiger partial charge in [0.15, 0.2) is 11.5 Å². The molecule has 0 aliphatic carbocycles. The number of hydrogen-bond acceptors (Lipinski definition) is 6. The number of hydrogen-bond donors (Lipinski definition) is 0. The lowest BCUT2D eigenvalue weighted by Gasteiger charge is -2.17. The fraction of sp³-hybridized carbons (Fsp3) is 0.100. The van der Waals surface area contributed by atoms with Crippen LogP contribution in [-0.2, 0) is 9.59 Å². The molecule has 0 unspecified atom stereocenters. The molecular formula is C20H14N2O6. The van der Waals surface area contributed by atoms with Crippen LogP contribution in [0.2, 0.25) is 0 Å². The highest BCUT2D eigenvalue weighted by Gasteiger charge is 2.38. The smallest absolute Gasteiger partial charge is 0.266 e. The number of amides is 4. The van der Waals surface area contributed by atoms with Gasteiger partial charge >= 0.3 is 0 Å². The highest BCUT2D eigenvalue weighted by atomic mass is 16.5. The molecule has 0 saturated carbocycles. The van der Waals surface area contributed by atoms with E-state index >= 15 is 0 Å². The number of fused-ring (bicyclic) bond motifs is 1. The van der Waals surface area contributed by atoms with Crippen LogP contribution in [0.25, 0.3) is 0 Å². The Hall–Kier alpha value is -3.94. The van der Waals surface area contributed by atoms with Crippen LogP contribution in [0.4, 0.5) is 11.4 Å². The third-order valence-corrected chi connectivity index (χ3v) is 4.57. The topological polar surface area (TPSA) is 93.2 Å². The number of imide groups is 2. The van der Waals surface area contributed by atoms with Crippen molar-refractivity contribution in [1.29, 1.82) is 0 Å². The first-order valence-electron chi connectivity index (χ1n) is 8.27. The Bertz CT molecular complexity index is 1010. The van der Waals surface area contributed by atoms with Crippen molar-refractivity contribution in [2.45, 2.75) is 0 Å². The Morgan fingerprint density at radius 1 is 0.643 bits per heavy atom. The lowest BCUT2D eigenvalue weighted by atomic mass is 10.1. The molecule has 2 aliphatic heterocycles.